The Hall–Kier alpha value is -2.77. The van der Waals surface area contributed by atoms with Crippen LogP contribution in [0.2, 0.25) is 0 Å². The van der Waals surface area contributed by atoms with Crippen LogP contribution in [0.25, 0.3) is 0 Å². The maximum atomic E-state index is 11.9. The number of hydrogen-bond acceptors (Lipinski definition) is 6. The number of carbonyl (C=O) groups is 2. The molecule has 0 aliphatic rings. The highest BCUT2D eigenvalue weighted by molar-refractivity contribution is 5.98. The summed E-state index contributed by atoms with van der Waals surface area (Å²) in [5.41, 5.74) is 0.984. The van der Waals surface area contributed by atoms with Crippen LogP contribution in [-0.4, -0.2) is 32.1 Å². The molecule has 0 aliphatic heterocycles. The van der Waals surface area contributed by atoms with Gasteiger partial charge in [0.15, 0.2) is 11.5 Å². The molecule has 0 spiro atoms. The fourth-order valence-electron chi connectivity index (χ4n) is 1.68. The second-order valence-electron chi connectivity index (χ2n) is 4.09. The zero-order valence-electron chi connectivity index (χ0n) is 10.9. The van der Waals surface area contributed by atoms with E-state index in [4.69, 9.17) is 9.63 Å². The Balaban J connectivity index is 2.15. The summed E-state index contributed by atoms with van der Waals surface area (Å²) >= 11 is 0. The van der Waals surface area contributed by atoms with E-state index in [-0.39, 0.29) is 17.9 Å². The number of hydrogen-bond donors (Lipinski definition) is 2. The first kappa shape index (κ1) is 13.7. The van der Waals surface area contributed by atoms with Gasteiger partial charge in [0, 0.05) is 18.0 Å². The van der Waals surface area contributed by atoms with Gasteiger partial charge in [-0.15, -0.1) is 0 Å². The number of carboxylic acids is 1. The molecule has 2 heterocycles. The summed E-state index contributed by atoms with van der Waals surface area (Å²) in [6.07, 6.45) is 2.57. The minimum Gasteiger partial charge on any atom is -0.476 e. The van der Waals surface area contributed by atoms with Crippen LogP contribution in [0.5, 0.6) is 0 Å². The van der Waals surface area contributed by atoms with Crippen molar-refractivity contribution in [2.45, 2.75) is 20.3 Å². The number of carboxylic acid groups (broad SMARTS) is 1. The van der Waals surface area contributed by atoms with Crippen molar-refractivity contribution in [2.75, 3.05) is 5.32 Å². The second kappa shape index (κ2) is 5.47. The van der Waals surface area contributed by atoms with Gasteiger partial charge in [-0.05, 0) is 13.8 Å². The smallest absolute Gasteiger partial charge is 0.358 e. The predicted octanol–water partition coefficient (Wildman–Crippen LogP) is 0.961. The van der Waals surface area contributed by atoms with Crippen molar-refractivity contribution >= 4 is 17.7 Å². The normalized spacial score (nSPS) is 10.3. The Morgan fingerprint density at radius 2 is 2.00 bits per heavy atom. The molecule has 1 amide bonds. The second-order valence-corrected chi connectivity index (χ2v) is 4.09. The maximum Gasteiger partial charge on any atom is 0.358 e. The third-order valence-electron chi connectivity index (χ3n) is 2.68. The van der Waals surface area contributed by atoms with Crippen LogP contribution in [0, 0.1) is 13.8 Å². The molecule has 0 aliphatic carbocycles. The lowest BCUT2D eigenvalue weighted by molar-refractivity contribution is -0.115. The highest BCUT2D eigenvalue weighted by Crippen LogP contribution is 2.14. The first-order chi connectivity index (χ1) is 9.49. The number of amides is 1. The average molecular weight is 276 g/mol. The highest BCUT2D eigenvalue weighted by Gasteiger charge is 2.17. The fraction of sp³-hybridized carbons (Fsp3) is 0.250. The fourth-order valence-corrected chi connectivity index (χ4v) is 1.68. The number of aryl methyl sites for hydroxylation is 2. The summed E-state index contributed by atoms with van der Waals surface area (Å²) in [4.78, 5) is 30.3. The molecule has 0 aromatic carbocycles. The van der Waals surface area contributed by atoms with E-state index in [1.807, 2.05) is 0 Å². The van der Waals surface area contributed by atoms with E-state index in [2.05, 4.69) is 20.4 Å². The number of carbonyl (C=O) groups excluding carboxylic acids is 1. The average Bonchev–Trinajstić information content (AvgIpc) is 2.71. The van der Waals surface area contributed by atoms with Gasteiger partial charge >= 0.3 is 5.97 Å². The summed E-state index contributed by atoms with van der Waals surface area (Å²) in [6.45, 7) is 3.43. The van der Waals surface area contributed by atoms with Gasteiger partial charge in [0.2, 0.25) is 5.91 Å². The zero-order valence-corrected chi connectivity index (χ0v) is 10.9. The van der Waals surface area contributed by atoms with Crippen LogP contribution >= 0.6 is 0 Å². The molecule has 0 bridgehead atoms. The van der Waals surface area contributed by atoms with E-state index < -0.39 is 11.9 Å². The zero-order chi connectivity index (χ0) is 14.7. The van der Waals surface area contributed by atoms with Gasteiger partial charge in [-0.2, -0.15) is 0 Å². The topological polar surface area (TPSA) is 118 Å². The number of anilines is 1. The maximum absolute atomic E-state index is 11.9. The Morgan fingerprint density at radius 3 is 2.60 bits per heavy atom. The van der Waals surface area contributed by atoms with E-state index in [1.54, 1.807) is 13.8 Å². The molecule has 104 valence electrons. The number of aromatic nitrogens is 3. The van der Waals surface area contributed by atoms with Gasteiger partial charge in [-0.1, -0.05) is 5.16 Å². The molecule has 0 unspecified atom stereocenters. The molecular formula is C12H12N4O4. The SMILES string of the molecule is Cc1noc(C)c1CC(=O)Nc1nccnc1C(=O)O. The number of nitrogens with zero attached hydrogens (tertiary/aromatic N) is 3. The van der Waals surface area contributed by atoms with Gasteiger partial charge in [-0.3, -0.25) is 4.79 Å². The lowest BCUT2D eigenvalue weighted by atomic mass is 10.1. The highest BCUT2D eigenvalue weighted by atomic mass is 16.5. The Bertz CT molecular complexity index is 646. The first-order valence-electron chi connectivity index (χ1n) is 5.75. The predicted molar refractivity (Wildman–Crippen MR) is 67.3 cm³/mol. The van der Waals surface area contributed by atoms with Crippen molar-refractivity contribution in [3.63, 3.8) is 0 Å². The van der Waals surface area contributed by atoms with Crippen molar-refractivity contribution in [3.8, 4) is 0 Å². The van der Waals surface area contributed by atoms with Gasteiger partial charge in [0.05, 0.1) is 12.1 Å². The van der Waals surface area contributed by atoms with Crippen LogP contribution in [0.4, 0.5) is 5.82 Å². The van der Waals surface area contributed by atoms with E-state index >= 15 is 0 Å². The molecule has 2 aromatic heterocycles. The summed E-state index contributed by atoms with van der Waals surface area (Å²) < 4.78 is 4.96. The van der Waals surface area contributed by atoms with Crippen molar-refractivity contribution in [3.05, 3.63) is 35.1 Å². The van der Waals surface area contributed by atoms with Gasteiger partial charge in [0.25, 0.3) is 0 Å². The lowest BCUT2D eigenvalue weighted by Gasteiger charge is -2.06. The van der Waals surface area contributed by atoms with Crippen molar-refractivity contribution in [1.82, 2.24) is 15.1 Å². The minimum atomic E-state index is -1.26. The third-order valence-corrected chi connectivity index (χ3v) is 2.68. The third kappa shape index (κ3) is 2.79. The van der Waals surface area contributed by atoms with E-state index in [0.29, 0.717) is 17.0 Å². The van der Waals surface area contributed by atoms with Gasteiger partial charge < -0.3 is 14.9 Å². The molecule has 8 heteroatoms. The Labute approximate surface area is 113 Å². The minimum absolute atomic E-state index is 0.0246. The van der Waals surface area contributed by atoms with Gasteiger partial charge in [-0.25, -0.2) is 14.8 Å². The van der Waals surface area contributed by atoms with E-state index in [9.17, 15) is 9.59 Å². The molecule has 0 saturated carbocycles. The summed E-state index contributed by atoms with van der Waals surface area (Å²) in [5, 5.41) is 15.1. The molecule has 0 radical (unpaired) electrons. The van der Waals surface area contributed by atoms with E-state index in [1.165, 1.54) is 12.4 Å². The molecule has 8 nitrogen and oxygen atoms in total. The number of rotatable bonds is 4. The quantitative estimate of drug-likeness (QED) is 0.853. The molecular weight excluding hydrogens is 264 g/mol. The van der Waals surface area contributed by atoms with Crippen molar-refractivity contribution < 1.29 is 19.2 Å². The summed E-state index contributed by atoms with van der Waals surface area (Å²) in [7, 11) is 0. The van der Waals surface area contributed by atoms with Crippen LogP contribution in [-0.2, 0) is 11.2 Å². The molecule has 0 saturated heterocycles. The number of nitrogens with one attached hydrogen (secondary N) is 1. The monoisotopic (exact) mass is 276 g/mol. The summed E-state index contributed by atoms with van der Waals surface area (Å²) in [6, 6.07) is 0. The van der Waals surface area contributed by atoms with Gasteiger partial charge in [0.1, 0.15) is 5.76 Å². The molecule has 0 atom stereocenters. The first-order valence-corrected chi connectivity index (χ1v) is 5.75. The Morgan fingerprint density at radius 1 is 1.30 bits per heavy atom. The summed E-state index contributed by atoms with van der Waals surface area (Å²) in [5.74, 6) is -1.21. The van der Waals surface area contributed by atoms with Crippen molar-refractivity contribution in [1.29, 1.82) is 0 Å². The van der Waals surface area contributed by atoms with Crippen molar-refractivity contribution in [2.24, 2.45) is 0 Å². The molecule has 20 heavy (non-hydrogen) atoms. The van der Waals surface area contributed by atoms with Crippen LogP contribution < -0.4 is 5.32 Å². The standard InChI is InChI=1S/C12H12N4O4/c1-6-8(7(2)20-16-6)5-9(17)15-11-10(12(18)19)13-3-4-14-11/h3-4H,5H2,1-2H3,(H,18,19)(H,14,15,17). The van der Waals surface area contributed by atoms with Crippen LogP contribution in [0.15, 0.2) is 16.9 Å². The molecule has 2 aromatic rings. The Kier molecular flexibility index (Phi) is 3.74. The number of aromatic carboxylic acids is 1. The van der Waals surface area contributed by atoms with Crippen LogP contribution in [0.3, 0.4) is 0 Å². The van der Waals surface area contributed by atoms with Crippen LogP contribution in [0.1, 0.15) is 27.5 Å². The van der Waals surface area contributed by atoms with E-state index in [0.717, 1.165) is 0 Å². The molecule has 2 rings (SSSR count). The lowest BCUT2D eigenvalue weighted by Crippen LogP contribution is -2.19. The molecule has 2 N–H and O–H groups in total. The largest absolute Gasteiger partial charge is 0.476 e. The molecule has 0 fully saturated rings.